The first-order chi connectivity index (χ1) is 11.3. The number of carbonyl (C=O) groups is 1. The van der Waals surface area contributed by atoms with Gasteiger partial charge in [-0.1, -0.05) is 43.6 Å². The molecule has 0 heterocycles. The van der Waals surface area contributed by atoms with Crippen LogP contribution in [-0.4, -0.2) is 14.2 Å². The minimum Gasteiger partial charge on any atom is -0.295 e. The summed E-state index contributed by atoms with van der Waals surface area (Å²) in [6.45, 7) is 5.33. The Bertz CT molecular complexity index is 859. The van der Waals surface area contributed by atoms with Crippen molar-refractivity contribution in [1.82, 2.24) is 0 Å². The van der Waals surface area contributed by atoms with E-state index in [2.05, 4.69) is 4.72 Å². The lowest BCUT2D eigenvalue weighted by Gasteiger charge is -2.17. The number of carbonyl (C=O) groups excluding carboxylic acids is 1. The van der Waals surface area contributed by atoms with E-state index in [1.807, 2.05) is 19.9 Å². The molecule has 128 valence electrons. The Balaban J connectivity index is 2.46. The number of aryl methyl sites for hydroxylation is 1. The lowest BCUT2D eigenvalue weighted by molar-refractivity contribution is 0.101. The molecule has 0 radical (unpaired) electrons. The maximum absolute atomic E-state index is 12.7. The van der Waals surface area contributed by atoms with E-state index in [1.165, 1.54) is 31.2 Å². The lowest BCUT2D eigenvalue weighted by atomic mass is 10.0. The molecule has 2 rings (SSSR count). The van der Waals surface area contributed by atoms with Crippen molar-refractivity contribution in [3.8, 4) is 0 Å². The van der Waals surface area contributed by atoms with E-state index in [0.29, 0.717) is 29.1 Å². The van der Waals surface area contributed by atoms with Crippen molar-refractivity contribution < 1.29 is 13.2 Å². The second-order valence-corrected chi connectivity index (χ2v) is 7.54. The van der Waals surface area contributed by atoms with Crippen molar-refractivity contribution in [2.45, 2.75) is 38.5 Å². The maximum atomic E-state index is 12.7. The van der Waals surface area contributed by atoms with Gasteiger partial charge in [0.2, 0.25) is 0 Å². The Kier molecular flexibility index (Phi) is 5.67. The summed E-state index contributed by atoms with van der Waals surface area (Å²) in [6, 6.07) is 9.51. The Hall–Kier alpha value is -1.85. The molecule has 6 heteroatoms. The van der Waals surface area contributed by atoms with Gasteiger partial charge in [-0.15, -0.1) is 0 Å². The van der Waals surface area contributed by atoms with Crippen molar-refractivity contribution in [3.63, 3.8) is 0 Å². The number of ketones is 1. The van der Waals surface area contributed by atoms with E-state index < -0.39 is 10.0 Å². The van der Waals surface area contributed by atoms with Gasteiger partial charge in [-0.2, -0.15) is 0 Å². The molecule has 0 aliphatic rings. The van der Waals surface area contributed by atoms with Crippen LogP contribution in [0.25, 0.3) is 0 Å². The number of hydrogen-bond donors (Lipinski definition) is 1. The Morgan fingerprint density at radius 3 is 2.17 bits per heavy atom. The Morgan fingerprint density at radius 2 is 1.67 bits per heavy atom. The summed E-state index contributed by atoms with van der Waals surface area (Å²) in [5.74, 6) is -0.108. The molecular formula is C18H20ClNO3S. The third-order valence-electron chi connectivity index (χ3n) is 3.88. The molecule has 0 spiro atoms. The van der Waals surface area contributed by atoms with Gasteiger partial charge in [0.05, 0.1) is 10.6 Å². The number of nitrogens with one attached hydrogen (secondary N) is 1. The predicted octanol–water partition coefficient (Wildman–Crippen LogP) is 4.47. The second-order valence-electron chi connectivity index (χ2n) is 5.45. The highest BCUT2D eigenvalue weighted by atomic mass is 35.5. The lowest BCUT2D eigenvalue weighted by Crippen LogP contribution is -2.16. The molecule has 2 aromatic rings. The molecule has 24 heavy (non-hydrogen) atoms. The molecule has 2 aromatic carbocycles. The molecule has 0 aromatic heterocycles. The van der Waals surface area contributed by atoms with Crippen LogP contribution in [0, 0.1) is 0 Å². The summed E-state index contributed by atoms with van der Waals surface area (Å²) >= 11 is 6.22. The zero-order valence-corrected chi connectivity index (χ0v) is 15.5. The smallest absolute Gasteiger partial charge is 0.261 e. The van der Waals surface area contributed by atoms with Crippen LogP contribution >= 0.6 is 11.6 Å². The summed E-state index contributed by atoms with van der Waals surface area (Å²) in [7, 11) is -3.76. The molecule has 4 nitrogen and oxygen atoms in total. The molecule has 0 aliphatic carbocycles. The van der Waals surface area contributed by atoms with Crippen molar-refractivity contribution >= 4 is 33.1 Å². The normalized spacial score (nSPS) is 11.3. The molecule has 0 unspecified atom stereocenters. The number of rotatable bonds is 6. The van der Waals surface area contributed by atoms with Gasteiger partial charge in [0.25, 0.3) is 10.0 Å². The topological polar surface area (TPSA) is 63.2 Å². The molecule has 0 fully saturated rings. The first-order valence-electron chi connectivity index (χ1n) is 7.74. The highest BCUT2D eigenvalue weighted by Crippen LogP contribution is 2.31. The van der Waals surface area contributed by atoms with Gasteiger partial charge in [0.1, 0.15) is 0 Å². The molecule has 1 N–H and O–H groups in total. The van der Waals surface area contributed by atoms with Gasteiger partial charge in [0.15, 0.2) is 5.78 Å². The minimum absolute atomic E-state index is 0.108. The highest BCUT2D eigenvalue weighted by Gasteiger charge is 2.19. The summed E-state index contributed by atoms with van der Waals surface area (Å²) in [5, 5.41) is 0.541. The summed E-state index contributed by atoms with van der Waals surface area (Å²) in [6.07, 6.45) is 1.30. The Morgan fingerprint density at radius 1 is 1.04 bits per heavy atom. The van der Waals surface area contributed by atoms with E-state index in [9.17, 15) is 13.2 Å². The highest BCUT2D eigenvalue weighted by molar-refractivity contribution is 7.92. The molecule has 0 bridgehead atoms. The summed E-state index contributed by atoms with van der Waals surface area (Å²) < 4.78 is 28.0. The third-order valence-corrected chi connectivity index (χ3v) is 5.60. The van der Waals surface area contributed by atoms with Gasteiger partial charge >= 0.3 is 0 Å². The van der Waals surface area contributed by atoms with Crippen LogP contribution in [-0.2, 0) is 22.9 Å². The van der Waals surface area contributed by atoms with Crippen LogP contribution in [0.4, 0.5) is 5.69 Å². The average Bonchev–Trinajstić information content (AvgIpc) is 2.55. The molecule has 0 saturated carbocycles. The summed E-state index contributed by atoms with van der Waals surface area (Å²) in [4.78, 5) is 11.4. The average molecular weight is 366 g/mol. The molecule has 0 saturated heterocycles. The van der Waals surface area contributed by atoms with E-state index in [1.54, 1.807) is 6.07 Å². The van der Waals surface area contributed by atoms with Crippen LogP contribution in [0.2, 0.25) is 5.02 Å². The number of sulfonamides is 1. The first-order valence-corrected chi connectivity index (χ1v) is 9.60. The molecule has 0 atom stereocenters. The quantitative estimate of drug-likeness (QED) is 0.768. The van der Waals surface area contributed by atoms with E-state index in [-0.39, 0.29) is 10.7 Å². The van der Waals surface area contributed by atoms with Crippen LogP contribution in [0.15, 0.2) is 41.3 Å². The van der Waals surface area contributed by atoms with Crippen molar-refractivity contribution in [2.24, 2.45) is 0 Å². The van der Waals surface area contributed by atoms with Gasteiger partial charge in [-0.3, -0.25) is 9.52 Å². The van der Waals surface area contributed by atoms with Crippen LogP contribution in [0.1, 0.15) is 42.3 Å². The molecule has 0 amide bonds. The molecular weight excluding hydrogens is 346 g/mol. The standard InChI is InChI=1S/C18H20ClNO3S/c1-4-13-8-11-17(19)16(5-2)18(13)20-24(22,23)15-9-6-14(7-10-15)12(3)21/h6-11,20H,4-5H2,1-3H3. The van der Waals surface area contributed by atoms with Crippen LogP contribution in [0.3, 0.4) is 0 Å². The van der Waals surface area contributed by atoms with Crippen molar-refractivity contribution in [3.05, 3.63) is 58.1 Å². The predicted molar refractivity (Wildman–Crippen MR) is 97.5 cm³/mol. The zero-order chi connectivity index (χ0) is 17.9. The maximum Gasteiger partial charge on any atom is 0.261 e. The monoisotopic (exact) mass is 365 g/mol. The fourth-order valence-corrected chi connectivity index (χ4v) is 3.93. The van der Waals surface area contributed by atoms with Gasteiger partial charge < -0.3 is 0 Å². The minimum atomic E-state index is -3.76. The number of benzene rings is 2. The third kappa shape index (κ3) is 3.79. The second kappa shape index (κ2) is 7.36. The summed E-state index contributed by atoms with van der Waals surface area (Å²) in [5.41, 5.74) is 2.68. The zero-order valence-electron chi connectivity index (χ0n) is 13.9. The number of Topliss-reactive ketones (excluding diaryl/α,β-unsaturated/α-hetero) is 1. The molecule has 0 aliphatic heterocycles. The largest absolute Gasteiger partial charge is 0.295 e. The number of hydrogen-bond acceptors (Lipinski definition) is 3. The van der Waals surface area contributed by atoms with Crippen LogP contribution in [0.5, 0.6) is 0 Å². The van der Waals surface area contributed by atoms with E-state index in [0.717, 1.165) is 11.1 Å². The van der Waals surface area contributed by atoms with Gasteiger partial charge in [-0.05, 0) is 49.1 Å². The van der Waals surface area contributed by atoms with Gasteiger partial charge in [-0.25, -0.2) is 8.42 Å². The van der Waals surface area contributed by atoms with Crippen molar-refractivity contribution in [2.75, 3.05) is 4.72 Å². The fraction of sp³-hybridized carbons (Fsp3) is 0.278. The number of halogens is 1. The van der Waals surface area contributed by atoms with E-state index in [4.69, 9.17) is 11.6 Å². The fourth-order valence-electron chi connectivity index (χ4n) is 2.50. The number of anilines is 1. The van der Waals surface area contributed by atoms with Crippen molar-refractivity contribution in [1.29, 1.82) is 0 Å². The van der Waals surface area contributed by atoms with Crippen LogP contribution < -0.4 is 4.72 Å². The Labute approximate surface area is 147 Å². The van der Waals surface area contributed by atoms with Gasteiger partial charge in [0, 0.05) is 10.6 Å². The SMILES string of the molecule is CCc1ccc(Cl)c(CC)c1NS(=O)(=O)c1ccc(C(C)=O)cc1. The van der Waals surface area contributed by atoms with E-state index >= 15 is 0 Å². The first kappa shape index (κ1) is 18.5.